The van der Waals surface area contributed by atoms with Crippen LogP contribution in [0.25, 0.3) is 0 Å². The van der Waals surface area contributed by atoms with E-state index >= 15 is 0 Å². The highest BCUT2D eigenvalue weighted by Crippen LogP contribution is 2.25. The molecule has 0 unspecified atom stereocenters. The molecule has 0 saturated heterocycles. The Morgan fingerprint density at radius 1 is 1.12 bits per heavy atom. The van der Waals surface area contributed by atoms with Crippen molar-refractivity contribution in [3.05, 3.63) is 63.9 Å². The van der Waals surface area contributed by atoms with Crippen LogP contribution in [0.4, 0.5) is 10.1 Å². The summed E-state index contributed by atoms with van der Waals surface area (Å²) in [6, 6.07) is 8.91. The molecule has 7 nitrogen and oxygen atoms in total. The maximum atomic E-state index is 14.4. The molecule has 1 atom stereocenters. The molecule has 2 aromatic carbocycles. The monoisotopic (exact) mass is 531 g/mol. The summed E-state index contributed by atoms with van der Waals surface area (Å²) >= 11 is 12.3. The van der Waals surface area contributed by atoms with Gasteiger partial charge in [0, 0.05) is 22.6 Å². The number of halogens is 3. The number of para-hydroxylation sites is 1. The quantitative estimate of drug-likeness (QED) is 0.496. The minimum Gasteiger partial charge on any atom is -0.352 e. The van der Waals surface area contributed by atoms with Crippen molar-refractivity contribution in [3.63, 3.8) is 0 Å². The van der Waals surface area contributed by atoms with Crippen molar-refractivity contribution in [2.75, 3.05) is 17.1 Å². The second-order valence-corrected chi connectivity index (χ2v) is 10.8. The van der Waals surface area contributed by atoms with Gasteiger partial charge in [-0.25, -0.2) is 12.8 Å². The summed E-state index contributed by atoms with van der Waals surface area (Å²) in [6.07, 6.45) is 1.14. The van der Waals surface area contributed by atoms with Crippen molar-refractivity contribution in [1.82, 2.24) is 10.2 Å². The molecular formula is C23H28Cl2FN3O4S. The highest BCUT2D eigenvalue weighted by molar-refractivity contribution is 7.92. The van der Waals surface area contributed by atoms with Gasteiger partial charge in [0.25, 0.3) is 0 Å². The Bertz CT molecular complexity index is 1140. The van der Waals surface area contributed by atoms with E-state index < -0.39 is 40.2 Å². The third kappa shape index (κ3) is 7.32. The Morgan fingerprint density at radius 3 is 2.29 bits per heavy atom. The third-order valence-electron chi connectivity index (χ3n) is 4.97. The molecule has 0 aromatic heterocycles. The number of sulfonamides is 1. The Morgan fingerprint density at radius 2 is 1.76 bits per heavy atom. The van der Waals surface area contributed by atoms with Crippen LogP contribution < -0.4 is 9.62 Å². The van der Waals surface area contributed by atoms with Crippen LogP contribution in [0.15, 0.2) is 42.5 Å². The van der Waals surface area contributed by atoms with E-state index in [9.17, 15) is 22.4 Å². The van der Waals surface area contributed by atoms with Gasteiger partial charge in [-0.3, -0.25) is 13.9 Å². The SMILES string of the molecule is CC[C@@H](C(=O)NC(C)C)N(Cc1ccc(Cl)cc1Cl)C(=O)CN(c1ccccc1F)S(C)(=O)=O. The first-order chi connectivity index (χ1) is 15.8. The molecule has 0 aliphatic rings. The fourth-order valence-electron chi connectivity index (χ4n) is 3.38. The number of amides is 2. The lowest BCUT2D eigenvalue weighted by Crippen LogP contribution is -2.53. The molecule has 2 rings (SSSR count). The van der Waals surface area contributed by atoms with Crippen molar-refractivity contribution in [1.29, 1.82) is 0 Å². The second kappa shape index (κ2) is 11.9. The normalized spacial score (nSPS) is 12.4. The van der Waals surface area contributed by atoms with Gasteiger partial charge in [-0.1, -0.05) is 48.3 Å². The van der Waals surface area contributed by atoms with E-state index in [1.54, 1.807) is 32.9 Å². The predicted octanol–water partition coefficient (Wildman–Crippen LogP) is 4.23. The summed E-state index contributed by atoms with van der Waals surface area (Å²) in [5.74, 6) is -1.88. The summed E-state index contributed by atoms with van der Waals surface area (Å²) in [6.45, 7) is 4.54. The molecule has 0 bridgehead atoms. The van der Waals surface area contributed by atoms with E-state index in [1.165, 1.54) is 29.2 Å². The van der Waals surface area contributed by atoms with Crippen molar-refractivity contribution < 1.29 is 22.4 Å². The highest BCUT2D eigenvalue weighted by Gasteiger charge is 2.33. The van der Waals surface area contributed by atoms with Crippen LogP contribution in [0.5, 0.6) is 0 Å². The molecule has 0 aliphatic heterocycles. The van der Waals surface area contributed by atoms with Crippen LogP contribution in [0.3, 0.4) is 0 Å². The van der Waals surface area contributed by atoms with Crippen LogP contribution in [-0.2, 0) is 26.2 Å². The van der Waals surface area contributed by atoms with Crippen LogP contribution in [0.2, 0.25) is 10.0 Å². The summed E-state index contributed by atoms with van der Waals surface area (Å²) in [5, 5.41) is 3.48. The van der Waals surface area contributed by atoms with E-state index in [0.29, 0.717) is 19.9 Å². The molecular weight excluding hydrogens is 504 g/mol. The van der Waals surface area contributed by atoms with Gasteiger partial charge in [-0.15, -0.1) is 0 Å². The first-order valence-electron chi connectivity index (χ1n) is 10.6. The van der Waals surface area contributed by atoms with Crippen LogP contribution in [0.1, 0.15) is 32.8 Å². The molecule has 1 N–H and O–H groups in total. The zero-order valence-electron chi connectivity index (χ0n) is 19.4. The zero-order chi connectivity index (χ0) is 25.6. The van der Waals surface area contributed by atoms with E-state index in [1.807, 2.05) is 0 Å². The maximum absolute atomic E-state index is 14.4. The predicted molar refractivity (Wildman–Crippen MR) is 133 cm³/mol. The molecule has 34 heavy (non-hydrogen) atoms. The molecule has 0 radical (unpaired) electrons. The summed E-state index contributed by atoms with van der Waals surface area (Å²) < 4.78 is 40.1. The minimum absolute atomic E-state index is 0.0757. The van der Waals surface area contributed by atoms with Crippen LogP contribution in [-0.4, -0.2) is 50.0 Å². The van der Waals surface area contributed by atoms with Gasteiger partial charge >= 0.3 is 0 Å². The lowest BCUT2D eigenvalue weighted by molar-refractivity contribution is -0.140. The number of rotatable bonds is 10. The number of hydrogen-bond donors (Lipinski definition) is 1. The molecule has 186 valence electrons. The maximum Gasteiger partial charge on any atom is 0.244 e. The fourth-order valence-corrected chi connectivity index (χ4v) is 4.70. The highest BCUT2D eigenvalue weighted by atomic mass is 35.5. The van der Waals surface area contributed by atoms with Gasteiger partial charge in [0.1, 0.15) is 18.4 Å². The average Bonchev–Trinajstić information content (AvgIpc) is 2.72. The smallest absolute Gasteiger partial charge is 0.244 e. The average molecular weight is 532 g/mol. The van der Waals surface area contributed by atoms with Gasteiger partial charge in [0.2, 0.25) is 21.8 Å². The Kier molecular flexibility index (Phi) is 9.73. The first-order valence-corrected chi connectivity index (χ1v) is 13.2. The number of nitrogens with zero attached hydrogens (tertiary/aromatic N) is 2. The number of nitrogens with one attached hydrogen (secondary N) is 1. The summed E-state index contributed by atoms with van der Waals surface area (Å²) in [5.41, 5.74) is 0.259. The fraction of sp³-hybridized carbons (Fsp3) is 0.391. The summed E-state index contributed by atoms with van der Waals surface area (Å²) in [7, 11) is -4.03. The zero-order valence-corrected chi connectivity index (χ0v) is 21.7. The Hall–Kier alpha value is -2.36. The van der Waals surface area contributed by atoms with Crippen molar-refractivity contribution in [2.24, 2.45) is 0 Å². The minimum atomic E-state index is -4.03. The molecule has 0 spiro atoms. The van der Waals surface area contributed by atoms with Gasteiger partial charge in [0.05, 0.1) is 11.9 Å². The number of hydrogen-bond acceptors (Lipinski definition) is 4. The number of carbonyl (C=O) groups is 2. The molecule has 0 heterocycles. The van der Waals surface area contributed by atoms with Crippen molar-refractivity contribution in [2.45, 2.75) is 45.8 Å². The lowest BCUT2D eigenvalue weighted by Gasteiger charge is -2.33. The van der Waals surface area contributed by atoms with Gasteiger partial charge < -0.3 is 10.2 Å². The number of carbonyl (C=O) groups excluding carboxylic acids is 2. The van der Waals surface area contributed by atoms with E-state index in [-0.39, 0.29) is 24.7 Å². The number of anilines is 1. The largest absolute Gasteiger partial charge is 0.352 e. The molecule has 0 fully saturated rings. The second-order valence-electron chi connectivity index (χ2n) is 8.07. The Labute approximate surface area is 209 Å². The topological polar surface area (TPSA) is 86.8 Å². The molecule has 0 aliphatic carbocycles. The van der Waals surface area contributed by atoms with Crippen LogP contribution >= 0.6 is 23.2 Å². The van der Waals surface area contributed by atoms with Crippen molar-refractivity contribution in [3.8, 4) is 0 Å². The lowest BCUT2D eigenvalue weighted by atomic mass is 10.1. The summed E-state index contributed by atoms with van der Waals surface area (Å²) in [4.78, 5) is 27.7. The number of benzene rings is 2. The van der Waals surface area contributed by atoms with Gasteiger partial charge in [-0.2, -0.15) is 0 Å². The first kappa shape index (κ1) is 27.9. The third-order valence-corrected chi connectivity index (χ3v) is 6.69. The van der Waals surface area contributed by atoms with Gasteiger partial charge in [-0.05, 0) is 50.1 Å². The van der Waals surface area contributed by atoms with E-state index in [2.05, 4.69) is 5.32 Å². The van der Waals surface area contributed by atoms with Crippen molar-refractivity contribution >= 4 is 50.7 Å². The standard InChI is InChI=1S/C23H28Cl2FN3O4S/c1-5-20(23(31)27-15(2)3)28(13-16-10-11-17(24)12-18(16)25)22(30)14-29(34(4,32)33)21-9-7-6-8-19(21)26/h6-12,15,20H,5,13-14H2,1-4H3,(H,27,31)/t20-/m0/s1. The van der Waals surface area contributed by atoms with E-state index in [0.717, 1.165) is 12.3 Å². The van der Waals surface area contributed by atoms with Gasteiger partial charge in [0.15, 0.2) is 0 Å². The molecule has 2 aromatic rings. The van der Waals surface area contributed by atoms with E-state index in [4.69, 9.17) is 23.2 Å². The molecule has 11 heteroatoms. The molecule has 2 amide bonds. The van der Waals surface area contributed by atoms with Crippen LogP contribution in [0, 0.1) is 5.82 Å². The Balaban J connectivity index is 2.49. The molecule has 0 saturated carbocycles.